The molecule has 172 valence electrons. The Kier molecular flexibility index (Phi) is 9.02. The summed E-state index contributed by atoms with van der Waals surface area (Å²) in [6.07, 6.45) is 1.34. The van der Waals surface area contributed by atoms with Crippen LogP contribution in [0.1, 0.15) is 52.4 Å². The molecule has 12 heteroatoms. The summed E-state index contributed by atoms with van der Waals surface area (Å²) in [5, 5.41) is 20.6. The maximum absolute atomic E-state index is 13.5. The molecule has 0 aliphatic heterocycles. The number of carbonyl (C=O) groups excluding carboxylic acids is 3. The zero-order valence-corrected chi connectivity index (χ0v) is 24.4. The number of fused-ring (bicyclic) bond motifs is 5. The standard InChI is InChI=1S/C21H29O9P.2Na/c1-19-9-15(24)18-13(14(19)5-6-21(19,26)16(25)10-22)4-3-11-7-12(23)8-17(20(11,18)2)30-31(27,28)29;;/h7,13-14,17-18,22,26H,3-6,8-10H2,1-2H3,(H2,27,28,29);;/q;2*+1/p-2/t13-,14-,17?,18+,19-,20+,21-;;/m0../s1. The smallest absolute Gasteiger partial charge is 0.790 e. The molecule has 0 radical (unpaired) electrons. The maximum atomic E-state index is 13.5. The van der Waals surface area contributed by atoms with E-state index < -0.39 is 48.7 Å². The van der Waals surface area contributed by atoms with Crippen LogP contribution in [-0.2, 0) is 23.5 Å². The first-order valence-electron chi connectivity index (χ1n) is 10.6. The Balaban J connectivity index is 0.00000193. The van der Waals surface area contributed by atoms with Gasteiger partial charge in [-0.1, -0.05) is 19.4 Å². The summed E-state index contributed by atoms with van der Waals surface area (Å²) in [6.45, 7) is 2.58. The minimum atomic E-state index is -5.41. The van der Waals surface area contributed by atoms with Gasteiger partial charge in [-0.15, -0.1) is 0 Å². The molecule has 3 fully saturated rings. The van der Waals surface area contributed by atoms with Crippen LogP contribution in [-0.4, -0.2) is 45.9 Å². The molecule has 0 heterocycles. The Bertz CT molecular complexity index is 933. The minimum absolute atomic E-state index is 0. The monoisotopic (exact) mass is 500 g/mol. The quantitative estimate of drug-likeness (QED) is 0.282. The predicted octanol–water partition coefficient (Wildman–Crippen LogP) is -6.18. The van der Waals surface area contributed by atoms with E-state index in [9.17, 15) is 38.9 Å². The van der Waals surface area contributed by atoms with Crippen LogP contribution in [0.4, 0.5) is 0 Å². The van der Waals surface area contributed by atoms with Gasteiger partial charge in [-0.05, 0) is 43.6 Å². The van der Waals surface area contributed by atoms with E-state index in [2.05, 4.69) is 0 Å². The van der Waals surface area contributed by atoms with Crippen LogP contribution in [0, 0.1) is 28.6 Å². The Hall–Kier alpha value is 0.780. The van der Waals surface area contributed by atoms with Gasteiger partial charge in [0.1, 0.15) is 18.0 Å². The molecule has 4 aliphatic carbocycles. The van der Waals surface area contributed by atoms with Crippen molar-refractivity contribution in [3.05, 3.63) is 11.6 Å². The average molecular weight is 500 g/mol. The Morgan fingerprint density at radius 2 is 1.88 bits per heavy atom. The van der Waals surface area contributed by atoms with Gasteiger partial charge in [0.05, 0.1) is 13.9 Å². The predicted molar refractivity (Wildman–Crippen MR) is 102 cm³/mol. The molecule has 4 aliphatic rings. The second-order valence-corrected chi connectivity index (χ2v) is 11.1. The van der Waals surface area contributed by atoms with E-state index in [1.807, 2.05) is 0 Å². The molecule has 2 N–H and O–H groups in total. The number of phosphoric ester groups is 1. The molecule has 0 aromatic carbocycles. The third-order valence-electron chi connectivity index (χ3n) is 8.75. The molecule has 0 aromatic heterocycles. The van der Waals surface area contributed by atoms with Crippen LogP contribution in [0.5, 0.6) is 0 Å². The van der Waals surface area contributed by atoms with Gasteiger partial charge in [0.15, 0.2) is 11.6 Å². The summed E-state index contributed by atoms with van der Waals surface area (Å²) in [4.78, 5) is 61.0. The molecule has 0 spiro atoms. The fraction of sp³-hybridized carbons (Fsp3) is 0.762. The summed E-state index contributed by atoms with van der Waals surface area (Å²) in [5.74, 6) is -2.47. The maximum Gasteiger partial charge on any atom is 1.00 e. The van der Waals surface area contributed by atoms with E-state index in [1.54, 1.807) is 13.8 Å². The molecule has 7 atom stereocenters. The van der Waals surface area contributed by atoms with Crippen LogP contribution in [0.25, 0.3) is 0 Å². The first-order valence-corrected chi connectivity index (χ1v) is 12.1. The van der Waals surface area contributed by atoms with Gasteiger partial charge >= 0.3 is 59.1 Å². The van der Waals surface area contributed by atoms with Crippen LogP contribution in [0.15, 0.2) is 11.6 Å². The number of phosphoric acid groups is 1. The van der Waals surface area contributed by atoms with Crippen LogP contribution >= 0.6 is 7.82 Å². The molecule has 0 amide bonds. The number of aliphatic hydroxyl groups excluding tert-OH is 1. The third-order valence-corrected chi connectivity index (χ3v) is 9.26. The Morgan fingerprint density at radius 3 is 2.45 bits per heavy atom. The van der Waals surface area contributed by atoms with E-state index in [-0.39, 0.29) is 102 Å². The SMILES string of the molecule is C[C@]12CC(=O)[C@H]3[C@@H](CCC4=CC(=O)CC(OP(=O)([O-])[O-])[C@@]43C)[C@@H]1CC[C@]2(O)C(=O)CO.[Na+].[Na+]. The molecule has 1 unspecified atom stereocenters. The van der Waals surface area contributed by atoms with Crippen LogP contribution in [0.3, 0.4) is 0 Å². The molecule has 0 saturated heterocycles. The molecule has 3 saturated carbocycles. The molecule has 33 heavy (non-hydrogen) atoms. The van der Waals surface area contributed by atoms with Crippen molar-refractivity contribution in [2.45, 2.75) is 64.1 Å². The van der Waals surface area contributed by atoms with E-state index in [1.165, 1.54) is 6.08 Å². The fourth-order valence-electron chi connectivity index (χ4n) is 7.29. The van der Waals surface area contributed by atoms with Gasteiger partial charge in [0, 0.05) is 29.6 Å². The summed E-state index contributed by atoms with van der Waals surface area (Å²) in [6, 6.07) is 0. The van der Waals surface area contributed by atoms with E-state index in [4.69, 9.17) is 4.52 Å². The molecule has 9 nitrogen and oxygen atoms in total. The van der Waals surface area contributed by atoms with Gasteiger partial charge in [-0.2, -0.15) is 0 Å². The van der Waals surface area contributed by atoms with Crippen molar-refractivity contribution in [1.29, 1.82) is 0 Å². The number of Topliss-reactive ketones (excluding diaryl/α,β-unsaturated/α-hetero) is 2. The van der Waals surface area contributed by atoms with Crippen molar-refractivity contribution in [3.63, 3.8) is 0 Å². The summed E-state index contributed by atoms with van der Waals surface area (Å²) in [5.41, 5.74) is -3.38. The van der Waals surface area contributed by atoms with Gasteiger partial charge in [0.2, 0.25) is 0 Å². The number of carbonyl (C=O) groups is 3. The minimum Gasteiger partial charge on any atom is -0.790 e. The van der Waals surface area contributed by atoms with Crippen molar-refractivity contribution >= 4 is 25.2 Å². The van der Waals surface area contributed by atoms with Gasteiger partial charge < -0.3 is 29.1 Å². The topological polar surface area (TPSA) is 164 Å². The summed E-state index contributed by atoms with van der Waals surface area (Å²) >= 11 is 0. The zero-order valence-electron chi connectivity index (χ0n) is 19.5. The van der Waals surface area contributed by atoms with Crippen molar-refractivity contribution in [1.82, 2.24) is 0 Å². The third kappa shape index (κ3) is 4.53. The van der Waals surface area contributed by atoms with Gasteiger partial charge in [-0.3, -0.25) is 14.4 Å². The van der Waals surface area contributed by atoms with Gasteiger partial charge in [0.25, 0.3) is 0 Å². The molecule has 0 aromatic rings. The second kappa shape index (κ2) is 9.92. The van der Waals surface area contributed by atoms with Crippen LogP contribution in [0.2, 0.25) is 0 Å². The van der Waals surface area contributed by atoms with E-state index >= 15 is 0 Å². The Morgan fingerprint density at radius 1 is 1.24 bits per heavy atom. The molecular weight excluding hydrogens is 473 g/mol. The number of hydrogen-bond acceptors (Lipinski definition) is 9. The molecule has 4 rings (SSSR count). The van der Waals surface area contributed by atoms with Crippen molar-refractivity contribution in [3.8, 4) is 0 Å². The first-order chi connectivity index (χ1) is 14.3. The Labute approximate surface area is 236 Å². The number of hydrogen-bond donors (Lipinski definition) is 2. The second-order valence-electron chi connectivity index (χ2n) is 9.99. The summed E-state index contributed by atoms with van der Waals surface area (Å²) in [7, 11) is -5.41. The first kappa shape index (κ1) is 30.0. The van der Waals surface area contributed by atoms with E-state index in [0.717, 1.165) is 0 Å². The normalized spacial score (nSPS) is 42.2. The number of ketones is 3. The van der Waals surface area contributed by atoms with Gasteiger partial charge in [-0.25, -0.2) is 0 Å². The van der Waals surface area contributed by atoms with Crippen molar-refractivity contribution in [2.75, 3.05) is 6.61 Å². The summed E-state index contributed by atoms with van der Waals surface area (Å²) < 4.78 is 16.3. The number of rotatable bonds is 4. The van der Waals surface area contributed by atoms with E-state index in [0.29, 0.717) is 24.8 Å². The molecule has 0 bridgehead atoms. The van der Waals surface area contributed by atoms with Crippen molar-refractivity contribution < 1.29 is 103 Å². The largest absolute Gasteiger partial charge is 1.00 e. The zero-order chi connectivity index (χ0) is 23.0. The molecular formula is C21H27Na2O9P. The van der Waals surface area contributed by atoms with Crippen molar-refractivity contribution in [2.24, 2.45) is 28.6 Å². The number of aliphatic hydroxyl groups is 2. The average Bonchev–Trinajstić information content (AvgIpc) is 2.92. The van der Waals surface area contributed by atoms with Crippen LogP contribution < -0.4 is 68.9 Å². The fourth-order valence-corrected chi connectivity index (χ4v) is 7.90.